The summed E-state index contributed by atoms with van der Waals surface area (Å²) in [6.45, 7) is 1.71. The molecule has 0 aromatic carbocycles. The quantitative estimate of drug-likeness (QED) is 0.841. The van der Waals surface area contributed by atoms with Gasteiger partial charge < -0.3 is 15.2 Å². The summed E-state index contributed by atoms with van der Waals surface area (Å²) in [4.78, 5) is 11.0. The number of rotatable bonds is 4. The number of hydrogen-bond acceptors (Lipinski definition) is 5. The minimum absolute atomic E-state index is 0.297. The first-order valence-corrected chi connectivity index (χ1v) is 5.88. The molecule has 0 unspecified atom stereocenters. The summed E-state index contributed by atoms with van der Waals surface area (Å²) in [5.41, 5.74) is 0.869. The summed E-state index contributed by atoms with van der Waals surface area (Å²) in [5.74, 6) is -0.920. The molecule has 1 aliphatic rings. The number of methoxy groups -OCH3 is 1. The molecule has 0 atom stereocenters. The highest BCUT2D eigenvalue weighted by molar-refractivity contribution is 7.10. The second kappa shape index (κ2) is 4.39. The third kappa shape index (κ3) is 2.03. The Hall–Kier alpha value is -1.14. The van der Waals surface area contributed by atoms with Crippen LogP contribution in [0.2, 0.25) is 0 Å². The molecule has 1 heterocycles. The van der Waals surface area contributed by atoms with Crippen molar-refractivity contribution in [1.29, 1.82) is 0 Å². The van der Waals surface area contributed by atoms with Crippen LogP contribution in [0.25, 0.3) is 0 Å². The number of anilines is 1. The fourth-order valence-corrected chi connectivity index (χ4v) is 2.65. The Balaban J connectivity index is 2.03. The highest BCUT2D eigenvalue weighted by Crippen LogP contribution is 2.31. The largest absolute Gasteiger partial charge is 0.478 e. The lowest BCUT2D eigenvalue weighted by Gasteiger charge is -2.34. The Morgan fingerprint density at radius 2 is 2.31 bits per heavy atom. The SMILES string of the molecule is COC1CC(Nc2snc(C)c2C(=O)O)C1. The van der Waals surface area contributed by atoms with Crippen LogP contribution in [0.3, 0.4) is 0 Å². The summed E-state index contributed by atoms with van der Waals surface area (Å²) in [6, 6.07) is 0.308. The van der Waals surface area contributed by atoms with Gasteiger partial charge in [-0.05, 0) is 31.3 Å². The summed E-state index contributed by atoms with van der Waals surface area (Å²) < 4.78 is 9.22. The number of aromatic nitrogens is 1. The van der Waals surface area contributed by atoms with E-state index >= 15 is 0 Å². The van der Waals surface area contributed by atoms with E-state index < -0.39 is 5.97 Å². The molecule has 16 heavy (non-hydrogen) atoms. The lowest BCUT2D eigenvalue weighted by atomic mass is 9.89. The number of carbonyl (C=O) groups is 1. The Bertz CT molecular complexity index is 399. The number of carboxylic acid groups (broad SMARTS) is 1. The van der Waals surface area contributed by atoms with Gasteiger partial charge in [-0.1, -0.05) is 0 Å². The number of hydrogen-bond donors (Lipinski definition) is 2. The molecule has 0 spiro atoms. The van der Waals surface area contributed by atoms with Crippen molar-refractivity contribution in [3.8, 4) is 0 Å². The summed E-state index contributed by atoms with van der Waals surface area (Å²) in [6.07, 6.45) is 2.15. The normalized spacial score (nSPS) is 23.9. The molecule has 2 rings (SSSR count). The molecule has 0 aliphatic heterocycles. The monoisotopic (exact) mass is 242 g/mol. The maximum Gasteiger partial charge on any atom is 0.340 e. The van der Waals surface area contributed by atoms with E-state index in [0.717, 1.165) is 12.8 Å². The fourth-order valence-electron chi connectivity index (χ4n) is 1.78. The molecule has 1 fully saturated rings. The van der Waals surface area contributed by atoms with Crippen LogP contribution in [0.15, 0.2) is 0 Å². The van der Waals surface area contributed by atoms with Crippen LogP contribution in [0.4, 0.5) is 5.00 Å². The fraction of sp³-hybridized carbons (Fsp3) is 0.600. The third-order valence-electron chi connectivity index (χ3n) is 2.84. The van der Waals surface area contributed by atoms with E-state index in [1.807, 2.05) is 0 Å². The Morgan fingerprint density at radius 1 is 1.62 bits per heavy atom. The van der Waals surface area contributed by atoms with Crippen molar-refractivity contribution in [2.45, 2.75) is 31.9 Å². The van der Waals surface area contributed by atoms with Gasteiger partial charge in [0, 0.05) is 13.2 Å². The number of carboxylic acids is 1. The van der Waals surface area contributed by atoms with Gasteiger partial charge in [0.15, 0.2) is 0 Å². The van der Waals surface area contributed by atoms with Crippen LogP contribution < -0.4 is 5.32 Å². The van der Waals surface area contributed by atoms with Crippen LogP contribution in [0.5, 0.6) is 0 Å². The lowest BCUT2D eigenvalue weighted by Crippen LogP contribution is -2.40. The van der Waals surface area contributed by atoms with Crippen molar-refractivity contribution in [2.24, 2.45) is 0 Å². The predicted octanol–water partition coefficient (Wildman–Crippen LogP) is 1.74. The molecule has 0 amide bonds. The maximum absolute atomic E-state index is 11.0. The van der Waals surface area contributed by atoms with E-state index in [-0.39, 0.29) is 0 Å². The first-order valence-electron chi connectivity index (χ1n) is 5.10. The second-order valence-electron chi connectivity index (χ2n) is 3.95. The average molecular weight is 242 g/mol. The highest BCUT2D eigenvalue weighted by Gasteiger charge is 2.30. The number of nitrogens with one attached hydrogen (secondary N) is 1. The van der Waals surface area contributed by atoms with Crippen LogP contribution in [0, 0.1) is 6.92 Å². The molecular formula is C10H14N2O3S. The van der Waals surface area contributed by atoms with Crippen molar-refractivity contribution in [1.82, 2.24) is 4.37 Å². The topological polar surface area (TPSA) is 71.5 Å². The standard InChI is InChI=1S/C10H14N2O3S/c1-5-8(10(13)14)9(16-12-5)11-6-3-7(4-6)15-2/h6-7,11H,3-4H2,1-2H3,(H,13,14). The minimum atomic E-state index is -0.920. The minimum Gasteiger partial charge on any atom is -0.478 e. The zero-order valence-corrected chi connectivity index (χ0v) is 10.0. The van der Waals surface area contributed by atoms with E-state index in [1.165, 1.54) is 11.5 Å². The third-order valence-corrected chi connectivity index (χ3v) is 3.71. The Labute approximate surface area is 97.6 Å². The molecule has 6 heteroatoms. The van der Waals surface area contributed by atoms with Crippen molar-refractivity contribution < 1.29 is 14.6 Å². The number of ether oxygens (including phenoxy) is 1. The number of aryl methyl sites for hydroxylation is 1. The van der Waals surface area contributed by atoms with Gasteiger partial charge in [-0.15, -0.1) is 0 Å². The van der Waals surface area contributed by atoms with Gasteiger partial charge in [0.2, 0.25) is 0 Å². The van der Waals surface area contributed by atoms with Crippen LogP contribution in [-0.4, -0.2) is 34.7 Å². The maximum atomic E-state index is 11.0. The predicted molar refractivity (Wildman–Crippen MR) is 61.3 cm³/mol. The summed E-state index contributed by atoms with van der Waals surface area (Å²) >= 11 is 1.21. The summed E-state index contributed by atoms with van der Waals surface area (Å²) in [7, 11) is 1.69. The molecule has 1 aliphatic carbocycles. The van der Waals surface area contributed by atoms with Gasteiger partial charge in [-0.3, -0.25) is 0 Å². The summed E-state index contributed by atoms with van der Waals surface area (Å²) in [5, 5.41) is 12.9. The van der Waals surface area contributed by atoms with Gasteiger partial charge in [0.05, 0.1) is 11.8 Å². The smallest absolute Gasteiger partial charge is 0.340 e. The molecule has 5 nitrogen and oxygen atoms in total. The molecular weight excluding hydrogens is 228 g/mol. The molecule has 2 N–H and O–H groups in total. The van der Waals surface area contributed by atoms with Gasteiger partial charge in [0.1, 0.15) is 10.6 Å². The molecule has 0 bridgehead atoms. The molecule has 1 aromatic heterocycles. The zero-order valence-electron chi connectivity index (χ0n) is 9.19. The molecule has 88 valence electrons. The van der Waals surface area contributed by atoms with Crippen molar-refractivity contribution in [2.75, 3.05) is 12.4 Å². The van der Waals surface area contributed by atoms with Crippen LogP contribution in [-0.2, 0) is 4.74 Å². The molecule has 1 saturated carbocycles. The second-order valence-corrected chi connectivity index (χ2v) is 4.72. The van der Waals surface area contributed by atoms with Gasteiger partial charge in [-0.25, -0.2) is 4.79 Å². The zero-order chi connectivity index (χ0) is 11.7. The van der Waals surface area contributed by atoms with E-state index in [9.17, 15) is 4.79 Å². The number of nitrogens with zero attached hydrogens (tertiary/aromatic N) is 1. The highest BCUT2D eigenvalue weighted by atomic mass is 32.1. The van der Waals surface area contributed by atoms with Crippen molar-refractivity contribution in [3.05, 3.63) is 11.3 Å². The van der Waals surface area contributed by atoms with Crippen molar-refractivity contribution >= 4 is 22.5 Å². The molecule has 0 saturated heterocycles. The first-order chi connectivity index (χ1) is 7.61. The van der Waals surface area contributed by atoms with Gasteiger partial charge in [-0.2, -0.15) is 4.37 Å². The first kappa shape index (κ1) is 11.3. The van der Waals surface area contributed by atoms with Gasteiger partial charge in [0.25, 0.3) is 0 Å². The average Bonchev–Trinajstić information content (AvgIpc) is 2.52. The molecule has 0 radical (unpaired) electrons. The van der Waals surface area contributed by atoms with E-state index in [1.54, 1.807) is 14.0 Å². The van der Waals surface area contributed by atoms with Crippen LogP contribution in [0.1, 0.15) is 28.9 Å². The Morgan fingerprint density at radius 3 is 2.88 bits per heavy atom. The lowest BCUT2D eigenvalue weighted by molar-refractivity contribution is 0.0329. The number of aromatic carboxylic acids is 1. The van der Waals surface area contributed by atoms with Crippen molar-refractivity contribution in [3.63, 3.8) is 0 Å². The van der Waals surface area contributed by atoms with E-state index in [2.05, 4.69) is 9.69 Å². The molecule has 1 aromatic rings. The Kier molecular flexibility index (Phi) is 3.11. The van der Waals surface area contributed by atoms with E-state index in [0.29, 0.717) is 28.4 Å². The van der Waals surface area contributed by atoms with Crippen LogP contribution >= 0.6 is 11.5 Å². The van der Waals surface area contributed by atoms with E-state index in [4.69, 9.17) is 9.84 Å². The van der Waals surface area contributed by atoms with Gasteiger partial charge >= 0.3 is 5.97 Å².